The Morgan fingerprint density at radius 2 is 1.12 bits per heavy atom. The summed E-state index contributed by atoms with van der Waals surface area (Å²) in [6.45, 7) is 5.28. The van der Waals surface area contributed by atoms with Crippen LogP contribution in [0.1, 0.15) is 41.5 Å². The lowest BCUT2D eigenvalue weighted by Gasteiger charge is -2.46. The van der Waals surface area contributed by atoms with Gasteiger partial charge >= 0.3 is 35.8 Å². The lowest BCUT2D eigenvalue weighted by Crippen LogP contribution is -2.64. The highest BCUT2D eigenvalue weighted by Crippen LogP contribution is 2.34. The third-order valence-electron chi connectivity index (χ3n) is 5.28. The Morgan fingerprint density at radius 1 is 0.650 bits per heavy atom. The highest BCUT2D eigenvalue weighted by atomic mass is 19.1. The lowest BCUT2D eigenvalue weighted by atomic mass is 9.97. The molecular weight excluding hydrogens is 547 g/mol. The first-order chi connectivity index (χ1) is 18.7. The standard InChI is InChI=1S/C24H31FO15/c1-10(26)32-8-17-20(19(35-12(3)28)16(25)7-34-17)40-24-23(38-15(6)31)22(37-14(5)30)21(36-13(4)29)18(39-24)9-33-11(2)27/h7,17-24H,8-9H2,1-6H3/t17-,18-,19-,20-,21-,22+,23-,24-/m1/s1. The summed E-state index contributed by atoms with van der Waals surface area (Å²) in [5.74, 6) is -6.07. The fraction of sp³-hybridized carbons (Fsp3) is 0.667. The Hall–Kier alpha value is -3.79. The summed E-state index contributed by atoms with van der Waals surface area (Å²) in [5, 5.41) is 0. The second-order valence-electron chi connectivity index (χ2n) is 8.68. The van der Waals surface area contributed by atoms with Gasteiger partial charge in [0.25, 0.3) is 0 Å². The van der Waals surface area contributed by atoms with Crippen molar-refractivity contribution in [2.75, 3.05) is 13.2 Å². The van der Waals surface area contributed by atoms with Crippen LogP contribution in [0.2, 0.25) is 0 Å². The maximum atomic E-state index is 14.8. The van der Waals surface area contributed by atoms with Gasteiger partial charge in [-0.3, -0.25) is 28.8 Å². The van der Waals surface area contributed by atoms with Crippen molar-refractivity contribution in [3.05, 3.63) is 12.1 Å². The van der Waals surface area contributed by atoms with Gasteiger partial charge in [0.05, 0.1) is 0 Å². The van der Waals surface area contributed by atoms with Gasteiger partial charge in [0.1, 0.15) is 31.7 Å². The molecule has 0 unspecified atom stereocenters. The molecule has 0 bridgehead atoms. The maximum Gasteiger partial charge on any atom is 0.303 e. The third-order valence-corrected chi connectivity index (χ3v) is 5.28. The predicted molar refractivity (Wildman–Crippen MR) is 123 cm³/mol. The van der Waals surface area contributed by atoms with E-state index in [4.69, 9.17) is 42.6 Å². The van der Waals surface area contributed by atoms with Crippen molar-refractivity contribution in [2.24, 2.45) is 0 Å². The van der Waals surface area contributed by atoms with Crippen LogP contribution in [-0.2, 0) is 71.4 Å². The zero-order valence-electron chi connectivity index (χ0n) is 22.6. The predicted octanol–water partition coefficient (Wildman–Crippen LogP) is 0.159. The SMILES string of the molecule is CC(=O)OC[C@H]1O[C@H](O[C@H]2[C@H](OC(C)=O)C(F)=CO[C@@H]2COC(C)=O)[C@H](OC(C)=O)[C@@H](OC(C)=O)[C@@H]1OC(C)=O. The highest BCUT2D eigenvalue weighted by molar-refractivity contribution is 5.69. The van der Waals surface area contributed by atoms with Crippen LogP contribution < -0.4 is 0 Å². The van der Waals surface area contributed by atoms with E-state index in [1.807, 2.05) is 0 Å². The molecule has 1 saturated heterocycles. The monoisotopic (exact) mass is 578 g/mol. The maximum absolute atomic E-state index is 14.8. The number of ether oxygens (including phenoxy) is 9. The number of carbonyl (C=O) groups is 6. The van der Waals surface area contributed by atoms with E-state index in [1.54, 1.807) is 0 Å². The molecular formula is C24H31FO15. The first-order valence-electron chi connectivity index (χ1n) is 12.0. The van der Waals surface area contributed by atoms with Crippen molar-refractivity contribution in [3.8, 4) is 0 Å². The van der Waals surface area contributed by atoms with Gasteiger partial charge in [-0.15, -0.1) is 0 Å². The van der Waals surface area contributed by atoms with E-state index in [1.165, 1.54) is 0 Å². The van der Waals surface area contributed by atoms with Gasteiger partial charge in [-0.25, -0.2) is 4.39 Å². The van der Waals surface area contributed by atoms with Crippen LogP contribution >= 0.6 is 0 Å². The number of hydrogen-bond acceptors (Lipinski definition) is 15. The average Bonchev–Trinajstić information content (AvgIpc) is 2.82. The number of esters is 6. The Kier molecular flexibility index (Phi) is 11.8. The van der Waals surface area contributed by atoms with Gasteiger partial charge in [0, 0.05) is 41.5 Å². The molecule has 2 rings (SSSR count). The molecule has 0 spiro atoms. The van der Waals surface area contributed by atoms with Crippen molar-refractivity contribution < 1.29 is 75.8 Å². The van der Waals surface area contributed by atoms with Crippen LogP contribution in [0.5, 0.6) is 0 Å². The van der Waals surface area contributed by atoms with Crippen LogP contribution in [0.4, 0.5) is 4.39 Å². The van der Waals surface area contributed by atoms with E-state index in [9.17, 15) is 33.2 Å². The first kappa shape index (κ1) is 32.4. The normalized spacial score (nSPS) is 29.5. The van der Waals surface area contributed by atoms with Gasteiger partial charge in [0.15, 0.2) is 42.6 Å². The zero-order chi connectivity index (χ0) is 30.1. The minimum Gasteiger partial charge on any atom is -0.489 e. The van der Waals surface area contributed by atoms with E-state index in [0.29, 0.717) is 6.26 Å². The van der Waals surface area contributed by atoms with Crippen molar-refractivity contribution in [3.63, 3.8) is 0 Å². The zero-order valence-corrected chi connectivity index (χ0v) is 22.6. The molecule has 40 heavy (non-hydrogen) atoms. The van der Waals surface area contributed by atoms with E-state index in [2.05, 4.69) is 0 Å². The van der Waals surface area contributed by atoms with Crippen molar-refractivity contribution in [2.45, 2.75) is 90.6 Å². The fourth-order valence-corrected chi connectivity index (χ4v) is 3.90. The largest absolute Gasteiger partial charge is 0.489 e. The molecule has 2 aliphatic heterocycles. The molecule has 0 aromatic heterocycles. The molecule has 15 nitrogen and oxygen atoms in total. The van der Waals surface area contributed by atoms with Gasteiger partial charge in [0.2, 0.25) is 0 Å². The molecule has 16 heteroatoms. The lowest BCUT2D eigenvalue weighted by molar-refractivity contribution is -0.329. The van der Waals surface area contributed by atoms with Crippen LogP contribution in [0.15, 0.2) is 12.1 Å². The summed E-state index contributed by atoms with van der Waals surface area (Å²) in [4.78, 5) is 70.6. The smallest absolute Gasteiger partial charge is 0.303 e. The minimum atomic E-state index is -1.75. The number of halogens is 1. The first-order valence-corrected chi connectivity index (χ1v) is 12.0. The highest BCUT2D eigenvalue weighted by Gasteiger charge is 2.55. The van der Waals surface area contributed by atoms with Crippen molar-refractivity contribution in [1.29, 1.82) is 0 Å². The molecule has 0 amide bonds. The van der Waals surface area contributed by atoms with E-state index in [-0.39, 0.29) is 0 Å². The molecule has 0 aromatic carbocycles. The second kappa shape index (κ2) is 14.6. The van der Waals surface area contributed by atoms with Gasteiger partial charge in [-0.2, -0.15) is 0 Å². The molecule has 8 atom stereocenters. The fourth-order valence-electron chi connectivity index (χ4n) is 3.90. The molecule has 0 aromatic rings. The summed E-state index contributed by atoms with van der Waals surface area (Å²) >= 11 is 0. The van der Waals surface area contributed by atoms with Crippen molar-refractivity contribution >= 4 is 35.8 Å². The van der Waals surface area contributed by atoms with E-state index in [0.717, 1.165) is 41.5 Å². The molecule has 2 heterocycles. The molecule has 0 aliphatic carbocycles. The number of carbonyl (C=O) groups excluding carboxylic acids is 6. The summed E-state index contributed by atoms with van der Waals surface area (Å²) < 4.78 is 62.8. The van der Waals surface area contributed by atoms with Crippen LogP contribution in [0.3, 0.4) is 0 Å². The number of rotatable bonds is 10. The topological polar surface area (TPSA) is 185 Å². The van der Waals surface area contributed by atoms with Crippen LogP contribution in [-0.4, -0.2) is 98.0 Å². The Morgan fingerprint density at radius 3 is 1.62 bits per heavy atom. The van der Waals surface area contributed by atoms with E-state index < -0.39 is 104 Å². The molecule has 224 valence electrons. The Bertz CT molecular complexity index is 1010. The molecule has 2 aliphatic rings. The summed E-state index contributed by atoms with van der Waals surface area (Å²) in [6, 6.07) is 0. The summed E-state index contributed by atoms with van der Waals surface area (Å²) in [5.41, 5.74) is 0. The molecule has 0 radical (unpaired) electrons. The van der Waals surface area contributed by atoms with Gasteiger partial charge < -0.3 is 42.6 Å². The third kappa shape index (κ3) is 9.44. The van der Waals surface area contributed by atoms with Crippen LogP contribution in [0.25, 0.3) is 0 Å². The minimum absolute atomic E-state index is 0.493. The van der Waals surface area contributed by atoms with Gasteiger partial charge in [-0.1, -0.05) is 0 Å². The van der Waals surface area contributed by atoms with Gasteiger partial charge in [-0.05, 0) is 0 Å². The Labute approximate surface area is 228 Å². The second-order valence-corrected chi connectivity index (χ2v) is 8.68. The quantitative estimate of drug-likeness (QED) is 0.252. The number of hydrogen-bond donors (Lipinski definition) is 0. The Balaban J connectivity index is 2.56. The van der Waals surface area contributed by atoms with Crippen LogP contribution in [0, 0.1) is 0 Å². The van der Waals surface area contributed by atoms with E-state index >= 15 is 0 Å². The van der Waals surface area contributed by atoms with Crippen molar-refractivity contribution in [1.82, 2.24) is 0 Å². The average molecular weight is 578 g/mol. The molecule has 1 fully saturated rings. The molecule has 0 saturated carbocycles. The molecule has 0 N–H and O–H groups in total. The summed E-state index contributed by atoms with van der Waals surface area (Å²) in [7, 11) is 0. The summed E-state index contributed by atoms with van der Waals surface area (Å²) in [6.07, 6.45) is -11.8.